The van der Waals surface area contributed by atoms with Gasteiger partial charge in [0.15, 0.2) is 0 Å². The predicted molar refractivity (Wildman–Crippen MR) is 66.3 cm³/mol. The highest BCUT2D eigenvalue weighted by Gasteiger charge is 2.28. The Morgan fingerprint density at radius 2 is 2.33 bits per heavy atom. The van der Waals surface area contributed by atoms with Crippen LogP contribution in [0.4, 0.5) is 0 Å². The van der Waals surface area contributed by atoms with E-state index in [2.05, 4.69) is 5.32 Å². The smallest absolute Gasteiger partial charge is 0.328 e. The van der Waals surface area contributed by atoms with E-state index in [1.807, 2.05) is 11.8 Å². The molecule has 0 radical (unpaired) electrons. The van der Waals surface area contributed by atoms with Gasteiger partial charge in [0, 0.05) is 25.7 Å². The molecule has 2 N–H and O–H groups in total. The number of hydrogen-bond acceptors (Lipinski definition) is 4. The number of amides is 1. The molecular formula is C12H20N2O4. The largest absolute Gasteiger partial charge is 0.478 e. The third kappa shape index (κ3) is 4.85. The lowest BCUT2D eigenvalue weighted by atomic mass is 10.2. The van der Waals surface area contributed by atoms with E-state index in [0.29, 0.717) is 32.8 Å². The van der Waals surface area contributed by atoms with Gasteiger partial charge in [-0.2, -0.15) is 0 Å². The van der Waals surface area contributed by atoms with Crippen molar-refractivity contribution in [1.82, 2.24) is 10.2 Å². The van der Waals surface area contributed by atoms with Gasteiger partial charge >= 0.3 is 5.97 Å². The van der Waals surface area contributed by atoms with Crippen LogP contribution in [0.15, 0.2) is 12.2 Å². The molecule has 1 heterocycles. The molecule has 0 saturated carbocycles. The van der Waals surface area contributed by atoms with Gasteiger partial charge in [0.05, 0.1) is 13.2 Å². The molecule has 6 nitrogen and oxygen atoms in total. The minimum absolute atomic E-state index is 0.0553. The molecule has 1 saturated heterocycles. The second kappa shape index (κ2) is 7.84. The van der Waals surface area contributed by atoms with E-state index in [9.17, 15) is 9.59 Å². The first kappa shape index (κ1) is 14.7. The second-order valence-electron chi connectivity index (χ2n) is 4.12. The second-order valence-corrected chi connectivity index (χ2v) is 4.12. The Labute approximate surface area is 107 Å². The minimum atomic E-state index is -0.977. The van der Waals surface area contributed by atoms with Crippen molar-refractivity contribution < 1.29 is 19.4 Å². The maximum atomic E-state index is 11.9. The van der Waals surface area contributed by atoms with E-state index < -0.39 is 5.97 Å². The van der Waals surface area contributed by atoms with Gasteiger partial charge in [0.25, 0.3) is 0 Å². The van der Waals surface area contributed by atoms with Crippen LogP contribution in [0, 0.1) is 0 Å². The highest BCUT2D eigenvalue weighted by atomic mass is 16.5. The molecule has 0 bridgehead atoms. The number of rotatable bonds is 6. The third-order valence-corrected chi connectivity index (χ3v) is 2.69. The fourth-order valence-corrected chi connectivity index (χ4v) is 1.75. The molecule has 1 aliphatic rings. The van der Waals surface area contributed by atoms with Crippen molar-refractivity contribution in [2.24, 2.45) is 0 Å². The van der Waals surface area contributed by atoms with Crippen LogP contribution in [0.2, 0.25) is 0 Å². The van der Waals surface area contributed by atoms with E-state index in [1.54, 1.807) is 6.08 Å². The number of carboxylic acids is 1. The average Bonchev–Trinajstić information content (AvgIpc) is 2.36. The number of carboxylic acid groups (broad SMARTS) is 1. The van der Waals surface area contributed by atoms with Crippen molar-refractivity contribution in [2.75, 3.05) is 32.8 Å². The quantitative estimate of drug-likeness (QED) is 0.646. The van der Waals surface area contributed by atoms with Gasteiger partial charge in [-0.05, 0) is 6.42 Å². The number of carbonyl (C=O) groups is 2. The summed E-state index contributed by atoms with van der Waals surface area (Å²) in [5.41, 5.74) is 0. The van der Waals surface area contributed by atoms with Gasteiger partial charge in [-0.3, -0.25) is 9.69 Å². The van der Waals surface area contributed by atoms with Crippen molar-refractivity contribution >= 4 is 11.9 Å². The first-order valence-electron chi connectivity index (χ1n) is 6.14. The highest BCUT2D eigenvalue weighted by Crippen LogP contribution is 2.07. The Morgan fingerprint density at radius 3 is 3.00 bits per heavy atom. The summed E-state index contributed by atoms with van der Waals surface area (Å²) in [4.78, 5) is 24.2. The van der Waals surface area contributed by atoms with Gasteiger partial charge < -0.3 is 15.2 Å². The molecule has 0 aliphatic carbocycles. The van der Waals surface area contributed by atoms with E-state index >= 15 is 0 Å². The predicted octanol–water partition coefficient (Wildman–Crippen LogP) is -0.146. The molecule has 0 spiro atoms. The first-order valence-corrected chi connectivity index (χ1v) is 6.14. The first-order chi connectivity index (χ1) is 8.65. The average molecular weight is 256 g/mol. The zero-order valence-electron chi connectivity index (χ0n) is 10.6. The fraction of sp³-hybridized carbons (Fsp3) is 0.667. The summed E-state index contributed by atoms with van der Waals surface area (Å²) in [5, 5.41) is 11.4. The van der Waals surface area contributed by atoms with Crippen LogP contribution < -0.4 is 5.32 Å². The summed E-state index contributed by atoms with van der Waals surface area (Å²) in [6.45, 7) is 4.64. The maximum Gasteiger partial charge on any atom is 0.328 e. The van der Waals surface area contributed by atoms with Gasteiger partial charge in [-0.1, -0.05) is 13.0 Å². The number of ether oxygens (including phenoxy) is 1. The molecule has 1 amide bonds. The molecule has 0 aromatic carbocycles. The highest BCUT2D eigenvalue weighted by molar-refractivity contribution is 5.82. The van der Waals surface area contributed by atoms with Crippen molar-refractivity contribution in [1.29, 1.82) is 0 Å². The van der Waals surface area contributed by atoms with E-state index in [0.717, 1.165) is 12.5 Å². The summed E-state index contributed by atoms with van der Waals surface area (Å²) < 4.78 is 5.30. The molecule has 1 atom stereocenters. The number of carbonyl (C=O) groups excluding carboxylic acids is 1. The van der Waals surface area contributed by atoms with Crippen LogP contribution in [0.3, 0.4) is 0 Å². The lowest BCUT2D eigenvalue weighted by molar-refractivity contribution is -0.132. The number of nitrogens with zero attached hydrogens (tertiary/aromatic N) is 1. The molecule has 0 aromatic heterocycles. The van der Waals surface area contributed by atoms with Crippen LogP contribution in [-0.2, 0) is 14.3 Å². The summed E-state index contributed by atoms with van der Waals surface area (Å²) >= 11 is 0. The summed E-state index contributed by atoms with van der Waals surface area (Å²) in [5.74, 6) is -1.03. The molecule has 0 aromatic rings. The van der Waals surface area contributed by atoms with Crippen LogP contribution in [0.5, 0.6) is 0 Å². The topological polar surface area (TPSA) is 78.9 Å². The van der Waals surface area contributed by atoms with Crippen molar-refractivity contribution in [3.63, 3.8) is 0 Å². The lowest BCUT2D eigenvalue weighted by Crippen LogP contribution is -2.53. The maximum absolute atomic E-state index is 11.9. The molecular weight excluding hydrogens is 236 g/mol. The number of hydrogen-bond donors (Lipinski definition) is 2. The Morgan fingerprint density at radius 1 is 1.56 bits per heavy atom. The van der Waals surface area contributed by atoms with Crippen LogP contribution in [-0.4, -0.2) is 60.8 Å². The molecule has 102 valence electrons. The van der Waals surface area contributed by atoms with Crippen LogP contribution >= 0.6 is 0 Å². The number of nitrogens with one attached hydrogen (secondary N) is 1. The van der Waals surface area contributed by atoms with Gasteiger partial charge in [-0.15, -0.1) is 0 Å². The third-order valence-electron chi connectivity index (χ3n) is 2.69. The summed E-state index contributed by atoms with van der Waals surface area (Å²) in [7, 11) is 0. The monoisotopic (exact) mass is 256 g/mol. The number of morpholine rings is 1. The normalized spacial score (nSPS) is 21.1. The van der Waals surface area contributed by atoms with Gasteiger partial charge in [-0.25, -0.2) is 4.79 Å². The molecule has 18 heavy (non-hydrogen) atoms. The Kier molecular flexibility index (Phi) is 6.38. The Balaban J connectivity index is 2.50. The lowest BCUT2D eigenvalue weighted by Gasteiger charge is -2.33. The fourth-order valence-electron chi connectivity index (χ4n) is 1.75. The van der Waals surface area contributed by atoms with Gasteiger partial charge in [0.2, 0.25) is 5.91 Å². The molecule has 1 rings (SSSR count). The van der Waals surface area contributed by atoms with Gasteiger partial charge in [0.1, 0.15) is 6.04 Å². The number of aliphatic carboxylic acids is 1. The van der Waals surface area contributed by atoms with Crippen LogP contribution in [0.1, 0.15) is 13.3 Å². The zero-order chi connectivity index (χ0) is 13.4. The molecule has 1 aliphatic heterocycles. The summed E-state index contributed by atoms with van der Waals surface area (Å²) in [6, 6.07) is -0.330. The molecule has 1 fully saturated rings. The minimum Gasteiger partial charge on any atom is -0.478 e. The van der Waals surface area contributed by atoms with Crippen molar-refractivity contribution in [3.05, 3.63) is 12.2 Å². The van der Waals surface area contributed by atoms with E-state index in [1.165, 1.54) is 0 Å². The summed E-state index contributed by atoms with van der Waals surface area (Å²) in [6.07, 6.45) is 3.53. The Bertz CT molecular complexity index is 317. The molecule has 6 heteroatoms. The zero-order valence-corrected chi connectivity index (χ0v) is 10.6. The van der Waals surface area contributed by atoms with Crippen molar-refractivity contribution in [3.8, 4) is 0 Å². The SMILES string of the molecule is CCCNC(=O)C1COCCN1C/C=C/C(=O)O. The van der Waals surface area contributed by atoms with Crippen molar-refractivity contribution in [2.45, 2.75) is 19.4 Å². The van der Waals surface area contributed by atoms with Crippen LogP contribution in [0.25, 0.3) is 0 Å². The standard InChI is InChI=1S/C12H20N2O4/c1-2-5-13-12(17)10-9-18-8-7-14(10)6-3-4-11(15)16/h3-4,10H,2,5-9H2,1H3,(H,13,17)(H,15,16)/b4-3+. The van der Waals surface area contributed by atoms with E-state index in [-0.39, 0.29) is 11.9 Å². The Hall–Kier alpha value is -1.40. The van der Waals surface area contributed by atoms with E-state index in [4.69, 9.17) is 9.84 Å². The molecule has 1 unspecified atom stereocenters.